The zero-order valence-electron chi connectivity index (χ0n) is 22.9. The molecule has 43 heavy (non-hydrogen) atoms. The van der Waals surface area contributed by atoms with E-state index in [1.54, 1.807) is 0 Å². The van der Waals surface area contributed by atoms with E-state index in [0.29, 0.717) is 0 Å². The number of thiophene rings is 1. The molecule has 1 aliphatic rings. The van der Waals surface area contributed by atoms with Gasteiger partial charge >= 0.3 is 0 Å². The second-order valence-corrected chi connectivity index (χ2v) is 13.4. The van der Waals surface area contributed by atoms with Crippen LogP contribution in [0.3, 0.4) is 0 Å². The van der Waals surface area contributed by atoms with E-state index in [4.69, 9.17) is 4.42 Å². The monoisotopic (exact) mass is 582 g/mol. The van der Waals surface area contributed by atoms with Gasteiger partial charge < -0.3 is 4.42 Å². The summed E-state index contributed by atoms with van der Waals surface area (Å²) < 4.78 is 8.80. The summed E-state index contributed by atoms with van der Waals surface area (Å²) in [5.41, 5.74) is 9.48. The van der Waals surface area contributed by atoms with E-state index in [0.717, 1.165) is 16.6 Å². The maximum atomic E-state index is 6.18. The molecular weight excluding hydrogens is 561 g/mol. The average molecular weight is 583 g/mol. The average Bonchev–Trinajstić information content (AvgIpc) is 3.62. The first-order valence-electron chi connectivity index (χ1n) is 14.5. The number of hydrogen-bond acceptors (Lipinski definition) is 3. The summed E-state index contributed by atoms with van der Waals surface area (Å²) in [6.07, 6.45) is 0. The smallest absolute Gasteiger partial charge is 0.136 e. The van der Waals surface area contributed by atoms with Crippen molar-refractivity contribution in [2.75, 3.05) is 0 Å². The van der Waals surface area contributed by atoms with Crippen LogP contribution in [0.5, 0.6) is 0 Å². The van der Waals surface area contributed by atoms with Crippen LogP contribution in [-0.2, 0) is 0 Å². The lowest BCUT2D eigenvalue weighted by Gasteiger charge is -2.21. The van der Waals surface area contributed by atoms with Crippen molar-refractivity contribution in [1.29, 1.82) is 0 Å². The molecule has 0 saturated heterocycles. The summed E-state index contributed by atoms with van der Waals surface area (Å²) >= 11 is 3.76. The van der Waals surface area contributed by atoms with E-state index < -0.39 is 0 Å². The summed E-state index contributed by atoms with van der Waals surface area (Å²) in [6.45, 7) is 0. The van der Waals surface area contributed by atoms with Crippen molar-refractivity contribution in [2.24, 2.45) is 0 Å². The van der Waals surface area contributed by atoms with Crippen molar-refractivity contribution in [3.05, 3.63) is 133 Å². The Balaban J connectivity index is 1.09. The third-order valence-corrected chi connectivity index (χ3v) is 11.1. The first-order valence-corrected chi connectivity index (χ1v) is 16.1. The topological polar surface area (TPSA) is 13.1 Å². The highest BCUT2D eigenvalue weighted by Crippen LogP contribution is 2.50. The molecule has 0 N–H and O–H groups in total. The molecule has 3 heteroatoms. The molecule has 0 bridgehead atoms. The highest BCUT2D eigenvalue weighted by atomic mass is 32.2. The van der Waals surface area contributed by atoms with Crippen LogP contribution in [0.1, 0.15) is 0 Å². The molecule has 0 radical (unpaired) electrons. The van der Waals surface area contributed by atoms with Crippen LogP contribution in [-0.4, -0.2) is 0 Å². The van der Waals surface area contributed by atoms with Crippen LogP contribution in [0.15, 0.2) is 148 Å². The Morgan fingerprint density at radius 1 is 0.395 bits per heavy atom. The minimum Gasteiger partial charge on any atom is -0.456 e. The summed E-state index contributed by atoms with van der Waals surface area (Å²) in [5.74, 6) is 0. The molecule has 0 fully saturated rings. The Labute approximate surface area is 256 Å². The minimum absolute atomic E-state index is 0.933. The van der Waals surface area contributed by atoms with E-state index in [1.165, 1.54) is 79.5 Å². The molecule has 1 aliphatic heterocycles. The Hall–Kier alpha value is -4.83. The van der Waals surface area contributed by atoms with Crippen LogP contribution in [0.2, 0.25) is 0 Å². The second-order valence-electron chi connectivity index (χ2n) is 11.3. The lowest BCUT2D eigenvalue weighted by atomic mass is 9.92. The Morgan fingerprint density at radius 3 is 1.98 bits per heavy atom. The third-order valence-electron chi connectivity index (χ3n) is 8.90. The van der Waals surface area contributed by atoms with Crippen molar-refractivity contribution < 1.29 is 4.42 Å². The maximum absolute atomic E-state index is 6.18. The summed E-state index contributed by atoms with van der Waals surface area (Å²) in [7, 11) is 0. The maximum Gasteiger partial charge on any atom is 0.136 e. The van der Waals surface area contributed by atoms with Gasteiger partial charge in [0.05, 0.1) is 0 Å². The minimum atomic E-state index is 0.933. The molecule has 3 heterocycles. The van der Waals surface area contributed by atoms with Gasteiger partial charge in [0.1, 0.15) is 11.2 Å². The number of furan rings is 1. The first kappa shape index (κ1) is 23.7. The normalized spacial score (nSPS) is 12.6. The van der Waals surface area contributed by atoms with Crippen molar-refractivity contribution in [3.8, 4) is 33.4 Å². The Morgan fingerprint density at radius 2 is 1.07 bits per heavy atom. The number of fused-ring (bicyclic) bond motifs is 8. The standard InChI is InChI=1S/C40H22OS2/c1-3-10-34-27(6-1)28-15-12-23(20-35(28)41-34)24-13-16-30-31-17-14-25(22-39(31)43-38(30)21-24)26-18-19-37-40-32(26)8-5-9-33(40)29-7-2-4-11-36(29)42-37/h1-22H. The quantitative estimate of drug-likeness (QED) is 0.201. The molecule has 0 unspecified atom stereocenters. The van der Waals surface area contributed by atoms with Crippen molar-refractivity contribution >= 4 is 76.0 Å². The molecule has 7 aromatic carbocycles. The molecule has 0 saturated carbocycles. The lowest BCUT2D eigenvalue weighted by Crippen LogP contribution is -1.93. The van der Waals surface area contributed by atoms with E-state index >= 15 is 0 Å². The fourth-order valence-corrected chi connectivity index (χ4v) is 9.18. The third kappa shape index (κ3) is 3.47. The van der Waals surface area contributed by atoms with Crippen LogP contribution in [0.4, 0.5) is 0 Å². The van der Waals surface area contributed by atoms with Gasteiger partial charge in [0.25, 0.3) is 0 Å². The van der Waals surface area contributed by atoms with Crippen molar-refractivity contribution in [1.82, 2.24) is 0 Å². The fraction of sp³-hybridized carbons (Fsp3) is 0. The SMILES string of the molecule is c1ccc2c(c1)Sc1ccc(-c3ccc4c(c3)sc3cc(-c5ccc6c(c5)oc5ccccc56)ccc34)c3cccc-2c13. The molecule has 0 amide bonds. The van der Waals surface area contributed by atoms with Crippen molar-refractivity contribution in [3.63, 3.8) is 0 Å². The zero-order chi connectivity index (χ0) is 28.1. The summed E-state index contributed by atoms with van der Waals surface area (Å²) in [6, 6.07) is 48.8. The van der Waals surface area contributed by atoms with Crippen LogP contribution in [0, 0.1) is 0 Å². The van der Waals surface area contributed by atoms with E-state index in [9.17, 15) is 0 Å². The molecule has 0 spiro atoms. The van der Waals surface area contributed by atoms with Gasteiger partial charge in [-0.2, -0.15) is 0 Å². The number of benzene rings is 7. The van der Waals surface area contributed by atoms with Gasteiger partial charge in [0, 0.05) is 46.1 Å². The molecule has 1 nitrogen and oxygen atoms in total. The van der Waals surface area contributed by atoms with Crippen LogP contribution < -0.4 is 0 Å². The van der Waals surface area contributed by atoms with Gasteiger partial charge in [0.15, 0.2) is 0 Å². The van der Waals surface area contributed by atoms with E-state index in [2.05, 4.69) is 121 Å². The van der Waals surface area contributed by atoms with Gasteiger partial charge in [0.2, 0.25) is 0 Å². The molecule has 200 valence electrons. The van der Waals surface area contributed by atoms with Gasteiger partial charge in [-0.25, -0.2) is 0 Å². The molecular formula is C40H22OS2. The predicted octanol–water partition coefficient (Wildman–Crippen LogP) is 12.6. The molecule has 9 aromatic rings. The summed E-state index contributed by atoms with van der Waals surface area (Å²) in [5, 5.41) is 7.64. The fourth-order valence-electron chi connectivity index (χ4n) is 6.86. The number of para-hydroxylation sites is 1. The van der Waals surface area contributed by atoms with E-state index in [1.807, 2.05) is 35.2 Å². The molecule has 0 atom stereocenters. The second kappa shape index (κ2) is 8.84. The van der Waals surface area contributed by atoms with E-state index in [-0.39, 0.29) is 0 Å². The van der Waals surface area contributed by atoms with Gasteiger partial charge in [-0.05, 0) is 81.2 Å². The summed E-state index contributed by atoms with van der Waals surface area (Å²) in [4.78, 5) is 2.67. The highest BCUT2D eigenvalue weighted by molar-refractivity contribution is 7.99. The molecule has 2 aromatic heterocycles. The molecule has 10 rings (SSSR count). The Bertz CT molecular complexity index is 2600. The number of rotatable bonds is 2. The molecule has 0 aliphatic carbocycles. The van der Waals surface area contributed by atoms with Crippen molar-refractivity contribution in [2.45, 2.75) is 9.79 Å². The lowest BCUT2D eigenvalue weighted by molar-refractivity contribution is 0.669. The van der Waals surface area contributed by atoms with Crippen LogP contribution >= 0.6 is 23.1 Å². The van der Waals surface area contributed by atoms with Gasteiger partial charge in [-0.3, -0.25) is 0 Å². The van der Waals surface area contributed by atoms with Gasteiger partial charge in [-0.1, -0.05) is 103 Å². The zero-order valence-corrected chi connectivity index (χ0v) is 24.6. The Kier molecular flexibility index (Phi) is 4.87. The number of hydrogen-bond donors (Lipinski definition) is 0. The van der Waals surface area contributed by atoms with Gasteiger partial charge in [-0.15, -0.1) is 11.3 Å². The van der Waals surface area contributed by atoms with Crippen LogP contribution in [0.25, 0.3) is 86.3 Å². The predicted molar refractivity (Wildman–Crippen MR) is 185 cm³/mol. The highest BCUT2D eigenvalue weighted by Gasteiger charge is 2.20. The first-order chi connectivity index (χ1) is 21.3. The largest absolute Gasteiger partial charge is 0.456 e.